The Morgan fingerprint density at radius 3 is 2.65 bits per heavy atom. The van der Waals surface area contributed by atoms with Gasteiger partial charge < -0.3 is 10.1 Å². The fourth-order valence-electron chi connectivity index (χ4n) is 2.09. The van der Waals surface area contributed by atoms with Crippen molar-refractivity contribution in [3.05, 3.63) is 59.9 Å². The van der Waals surface area contributed by atoms with E-state index in [1.54, 1.807) is 43.7 Å². The van der Waals surface area contributed by atoms with E-state index < -0.39 is 6.61 Å². The average molecular weight is 278 g/mol. The maximum absolute atomic E-state index is 12.4. The smallest absolute Gasteiger partial charge is 0.387 e. The minimum atomic E-state index is -2.83. The lowest BCUT2D eigenvalue weighted by atomic mass is 9.99. The molecule has 0 amide bonds. The minimum Gasteiger partial charge on any atom is -0.434 e. The predicted octanol–water partition coefficient (Wildman–Crippen LogP) is 3.19. The number of likely N-dealkylation sites (N-methyl/N-ethyl adjacent to an activating group) is 1. The largest absolute Gasteiger partial charge is 0.434 e. The fourth-order valence-corrected chi connectivity index (χ4v) is 2.09. The molecule has 3 nitrogen and oxygen atoms in total. The van der Waals surface area contributed by atoms with Crippen LogP contribution in [-0.4, -0.2) is 18.6 Å². The number of para-hydroxylation sites is 1. The molecule has 2 aromatic rings. The molecule has 0 aliphatic carbocycles. The summed E-state index contributed by atoms with van der Waals surface area (Å²) < 4.78 is 29.5. The highest BCUT2D eigenvalue weighted by atomic mass is 19.3. The molecule has 0 aliphatic rings. The van der Waals surface area contributed by atoms with Crippen molar-refractivity contribution in [3.63, 3.8) is 0 Å². The third-order valence-corrected chi connectivity index (χ3v) is 3.02. The van der Waals surface area contributed by atoms with Gasteiger partial charge in [-0.2, -0.15) is 8.78 Å². The van der Waals surface area contributed by atoms with Crippen LogP contribution in [0.4, 0.5) is 8.78 Å². The second-order valence-electron chi connectivity index (χ2n) is 4.32. The van der Waals surface area contributed by atoms with E-state index in [1.807, 2.05) is 12.1 Å². The number of benzene rings is 1. The van der Waals surface area contributed by atoms with E-state index in [2.05, 4.69) is 15.0 Å². The molecular weight excluding hydrogens is 262 g/mol. The number of hydrogen-bond acceptors (Lipinski definition) is 3. The zero-order valence-corrected chi connectivity index (χ0v) is 11.1. The molecule has 1 N–H and O–H groups in total. The van der Waals surface area contributed by atoms with Crippen molar-refractivity contribution in [3.8, 4) is 5.75 Å². The summed E-state index contributed by atoms with van der Waals surface area (Å²) >= 11 is 0. The predicted molar refractivity (Wildman–Crippen MR) is 72.8 cm³/mol. The first-order valence-corrected chi connectivity index (χ1v) is 6.30. The van der Waals surface area contributed by atoms with Crippen molar-refractivity contribution in [2.75, 3.05) is 7.05 Å². The first-order valence-electron chi connectivity index (χ1n) is 6.30. The van der Waals surface area contributed by atoms with E-state index in [9.17, 15) is 8.78 Å². The van der Waals surface area contributed by atoms with Gasteiger partial charge in [0.1, 0.15) is 5.75 Å². The zero-order chi connectivity index (χ0) is 14.4. The number of nitrogens with one attached hydrogen (secondary N) is 1. The molecule has 0 saturated heterocycles. The lowest BCUT2D eigenvalue weighted by molar-refractivity contribution is -0.0507. The Hall–Kier alpha value is -2.01. The second-order valence-corrected chi connectivity index (χ2v) is 4.32. The van der Waals surface area contributed by atoms with Crippen molar-refractivity contribution in [1.29, 1.82) is 0 Å². The SMILES string of the molecule is CNC(Cc1cccnc1)c1ccccc1OC(F)F. The van der Waals surface area contributed by atoms with Crippen molar-refractivity contribution in [2.24, 2.45) is 0 Å². The summed E-state index contributed by atoms with van der Waals surface area (Å²) in [6, 6.07) is 10.5. The average Bonchev–Trinajstić information content (AvgIpc) is 2.46. The number of nitrogens with zero attached hydrogens (tertiary/aromatic N) is 1. The molecule has 1 heterocycles. The summed E-state index contributed by atoms with van der Waals surface area (Å²) in [5, 5.41) is 3.13. The van der Waals surface area contributed by atoms with Crippen LogP contribution >= 0.6 is 0 Å². The molecule has 1 unspecified atom stereocenters. The monoisotopic (exact) mass is 278 g/mol. The van der Waals surface area contributed by atoms with E-state index >= 15 is 0 Å². The summed E-state index contributed by atoms with van der Waals surface area (Å²) in [5.74, 6) is 0.200. The van der Waals surface area contributed by atoms with Gasteiger partial charge in [-0.1, -0.05) is 24.3 Å². The molecule has 0 fully saturated rings. The summed E-state index contributed by atoms with van der Waals surface area (Å²) in [4.78, 5) is 4.06. The van der Waals surface area contributed by atoms with Gasteiger partial charge in [-0.3, -0.25) is 4.98 Å². The molecular formula is C15H16F2N2O. The van der Waals surface area contributed by atoms with Crippen LogP contribution in [0.2, 0.25) is 0 Å². The Bertz CT molecular complexity index is 534. The van der Waals surface area contributed by atoms with Crippen molar-refractivity contribution < 1.29 is 13.5 Å². The Labute approximate surface area is 116 Å². The normalized spacial score (nSPS) is 12.4. The number of aromatic nitrogens is 1. The van der Waals surface area contributed by atoms with Crippen LogP contribution in [-0.2, 0) is 6.42 Å². The summed E-state index contributed by atoms with van der Waals surface area (Å²) in [6.07, 6.45) is 4.11. The van der Waals surface area contributed by atoms with Crippen LogP contribution in [0.3, 0.4) is 0 Å². The molecule has 106 valence electrons. The molecule has 1 atom stereocenters. The molecule has 0 aliphatic heterocycles. The molecule has 0 saturated carbocycles. The van der Waals surface area contributed by atoms with Crippen LogP contribution < -0.4 is 10.1 Å². The Kier molecular flexibility index (Phi) is 5.01. The Morgan fingerprint density at radius 1 is 1.20 bits per heavy atom. The number of pyridine rings is 1. The molecule has 1 aromatic heterocycles. The van der Waals surface area contributed by atoms with Gasteiger partial charge in [0.05, 0.1) is 0 Å². The molecule has 0 spiro atoms. The van der Waals surface area contributed by atoms with E-state index in [4.69, 9.17) is 0 Å². The van der Waals surface area contributed by atoms with Gasteiger partial charge in [-0.25, -0.2) is 0 Å². The number of rotatable bonds is 6. The number of alkyl halides is 2. The summed E-state index contributed by atoms with van der Waals surface area (Å²) in [6.45, 7) is -2.83. The molecule has 1 aromatic carbocycles. The lowest BCUT2D eigenvalue weighted by Gasteiger charge is -2.20. The van der Waals surface area contributed by atoms with E-state index in [-0.39, 0.29) is 11.8 Å². The van der Waals surface area contributed by atoms with Crippen molar-refractivity contribution in [1.82, 2.24) is 10.3 Å². The topological polar surface area (TPSA) is 34.2 Å². The van der Waals surface area contributed by atoms with Gasteiger partial charge in [0.15, 0.2) is 0 Å². The first kappa shape index (κ1) is 14.4. The van der Waals surface area contributed by atoms with Crippen molar-refractivity contribution >= 4 is 0 Å². The standard InChI is InChI=1S/C15H16F2N2O/c1-18-13(9-11-5-4-8-19-10-11)12-6-2-3-7-14(12)20-15(16)17/h2-8,10,13,15,18H,9H2,1H3. The number of hydrogen-bond donors (Lipinski definition) is 1. The second kappa shape index (κ2) is 6.96. The summed E-state index contributed by atoms with van der Waals surface area (Å²) in [5.41, 5.74) is 1.73. The molecule has 20 heavy (non-hydrogen) atoms. The van der Waals surface area contributed by atoms with Crippen molar-refractivity contribution in [2.45, 2.75) is 19.1 Å². The minimum absolute atomic E-state index is 0.117. The van der Waals surface area contributed by atoms with Gasteiger partial charge in [-0.05, 0) is 31.2 Å². The van der Waals surface area contributed by atoms with Gasteiger partial charge >= 0.3 is 6.61 Å². The van der Waals surface area contributed by atoms with Crippen LogP contribution in [0, 0.1) is 0 Å². The van der Waals surface area contributed by atoms with Crippen LogP contribution in [0.25, 0.3) is 0 Å². The Morgan fingerprint density at radius 2 is 2.00 bits per heavy atom. The van der Waals surface area contributed by atoms with Gasteiger partial charge in [-0.15, -0.1) is 0 Å². The van der Waals surface area contributed by atoms with Crippen LogP contribution in [0.5, 0.6) is 5.75 Å². The quantitative estimate of drug-likeness (QED) is 0.881. The zero-order valence-electron chi connectivity index (χ0n) is 11.1. The fraction of sp³-hybridized carbons (Fsp3) is 0.267. The number of ether oxygens (including phenoxy) is 1. The van der Waals surface area contributed by atoms with Crippen LogP contribution in [0.15, 0.2) is 48.8 Å². The maximum atomic E-state index is 12.4. The highest BCUT2D eigenvalue weighted by Gasteiger charge is 2.17. The van der Waals surface area contributed by atoms with Gasteiger partial charge in [0.2, 0.25) is 0 Å². The molecule has 5 heteroatoms. The van der Waals surface area contributed by atoms with Gasteiger partial charge in [0, 0.05) is 24.0 Å². The van der Waals surface area contributed by atoms with Gasteiger partial charge in [0.25, 0.3) is 0 Å². The van der Waals surface area contributed by atoms with Crippen LogP contribution in [0.1, 0.15) is 17.2 Å². The summed E-state index contributed by atoms with van der Waals surface area (Å²) in [7, 11) is 1.79. The Balaban J connectivity index is 2.23. The number of halogens is 2. The molecule has 0 radical (unpaired) electrons. The third kappa shape index (κ3) is 3.74. The first-order chi connectivity index (χ1) is 9.70. The van der Waals surface area contributed by atoms with E-state index in [0.29, 0.717) is 12.0 Å². The lowest BCUT2D eigenvalue weighted by Crippen LogP contribution is -2.20. The van der Waals surface area contributed by atoms with E-state index in [0.717, 1.165) is 5.56 Å². The molecule has 0 bridgehead atoms. The molecule has 2 rings (SSSR count). The maximum Gasteiger partial charge on any atom is 0.387 e. The van der Waals surface area contributed by atoms with E-state index in [1.165, 1.54) is 0 Å². The third-order valence-electron chi connectivity index (χ3n) is 3.02. The highest BCUT2D eigenvalue weighted by molar-refractivity contribution is 5.37. The highest BCUT2D eigenvalue weighted by Crippen LogP contribution is 2.28.